The van der Waals surface area contributed by atoms with Crippen molar-refractivity contribution in [3.8, 4) is 11.5 Å². The van der Waals surface area contributed by atoms with Crippen molar-refractivity contribution in [3.63, 3.8) is 0 Å². The lowest BCUT2D eigenvalue weighted by Crippen LogP contribution is -2.22. The number of nitrogens with zero attached hydrogens (tertiary/aromatic N) is 2. The van der Waals surface area contributed by atoms with Crippen LogP contribution in [0.3, 0.4) is 0 Å². The summed E-state index contributed by atoms with van der Waals surface area (Å²) in [6.07, 6.45) is 1.67. The zero-order chi connectivity index (χ0) is 20.5. The number of hydrogen-bond donors (Lipinski definition) is 1. The third kappa shape index (κ3) is 4.63. The lowest BCUT2D eigenvalue weighted by Gasteiger charge is -2.16. The molecule has 0 bridgehead atoms. The molecule has 0 saturated heterocycles. The molecule has 1 aromatic carbocycles. The largest absolute Gasteiger partial charge is 0.456 e. The molecule has 3 aromatic rings. The zero-order valence-corrected chi connectivity index (χ0v) is 19.1. The Bertz CT molecular complexity index is 999. The van der Waals surface area contributed by atoms with Crippen LogP contribution in [-0.2, 0) is 11.5 Å². The van der Waals surface area contributed by atoms with Gasteiger partial charge in [-0.15, -0.1) is 0 Å². The first-order chi connectivity index (χ1) is 13.2. The van der Waals surface area contributed by atoms with Crippen LogP contribution in [0.2, 0.25) is 35.9 Å². The molecule has 0 aliphatic rings. The number of rotatable bonds is 7. The van der Waals surface area contributed by atoms with E-state index in [-0.39, 0.29) is 0 Å². The summed E-state index contributed by atoms with van der Waals surface area (Å²) in [6.45, 7) is 9.86. The van der Waals surface area contributed by atoms with Crippen LogP contribution in [0.5, 0.6) is 11.5 Å². The van der Waals surface area contributed by atoms with E-state index in [2.05, 4.69) is 24.6 Å². The van der Waals surface area contributed by atoms with Crippen molar-refractivity contribution in [3.05, 3.63) is 46.2 Å². The zero-order valence-electron chi connectivity index (χ0n) is 16.6. The number of fused-ring (bicyclic) bond motifs is 1. The summed E-state index contributed by atoms with van der Waals surface area (Å²) in [7, 11) is -1.16. The van der Waals surface area contributed by atoms with Crippen LogP contribution >= 0.6 is 23.2 Å². The predicted octanol–water partition coefficient (Wildman–Crippen LogP) is 6.34. The SMILES string of the molecule is Cc1cc(Oc2ccnc3c2c(Cl)c(Cl)n3COCC[Si](C)(C)C)ccc1N. The van der Waals surface area contributed by atoms with E-state index in [9.17, 15) is 0 Å². The molecule has 0 unspecified atom stereocenters. The standard InChI is InChI=1S/C20H25Cl2N3O2Si/c1-13-11-14(5-6-15(13)23)27-16-7-8-24-20-17(16)18(21)19(22)25(20)12-26-9-10-28(2,3)4/h5-8,11H,9-10,12,23H2,1-4H3. The Morgan fingerprint density at radius 1 is 1.18 bits per heavy atom. The first-order valence-electron chi connectivity index (χ1n) is 9.11. The Kier molecular flexibility index (Phi) is 6.24. The van der Waals surface area contributed by atoms with Crippen LogP contribution < -0.4 is 10.5 Å². The fraction of sp³-hybridized carbons (Fsp3) is 0.350. The monoisotopic (exact) mass is 437 g/mol. The first-order valence-corrected chi connectivity index (χ1v) is 13.6. The van der Waals surface area contributed by atoms with Crippen LogP contribution in [-0.4, -0.2) is 24.2 Å². The Morgan fingerprint density at radius 2 is 1.93 bits per heavy atom. The molecule has 150 valence electrons. The van der Waals surface area contributed by atoms with Gasteiger partial charge >= 0.3 is 0 Å². The van der Waals surface area contributed by atoms with Crippen LogP contribution in [0.15, 0.2) is 30.5 Å². The second-order valence-electron chi connectivity index (χ2n) is 8.01. The third-order valence-corrected chi connectivity index (χ3v) is 7.03. The van der Waals surface area contributed by atoms with Crippen molar-refractivity contribution in [2.24, 2.45) is 0 Å². The number of ether oxygens (including phenoxy) is 2. The molecule has 0 fully saturated rings. The normalized spacial score (nSPS) is 11.9. The van der Waals surface area contributed by atoms with Gasteiger partial charge in [-0.25, -0.2) is 4.98 Å². The highest BCUT2D eigenvalue weighted by Gasteiger charge is 2.20. The fourth-order valence-electron chi connectivity index (χ4n) is 2.73. The van der Waals surface area contributed by atoms with Gasteiger partial charge in [0.1, 0.15) is 29.0 Å². The second-order valence-corrected chi connectivity index (χ2v) is 14.4. The highest BCUT2D eigenvalue weighted by atomic mass is 35.5. The number of anilines is 1. The molecule has 28 heavy (non-hydrogen) atoms. The molecule has 0 amide bonds. The number of aromatic nitrogens is 2. The molecule has 2 N–H and O–H groups in total. The van der Waals surface area contributed by atoms with Crippen molar-refractivity contribution in [1.29, 1.82) is 0 Å². The van der Waals surface area contributed by atoms with E-state index in [1.807, 2.05) is 25.1 Å². The average Bonchev–Trinajstić information content (AvgIpc) is 2.86. The number of benzene rings is 1. The minimum atomic E-state index is -1.16. The minimum absolute atomic E-state index is 0.296. The number of pyridine rings is 1. The molecule has 0 saturated carbocycles. The maximum Gasteiger partial charge on any atom is 0.148 e. The van der Waals surface area contributed by atoms with E-state index in [0.717, 1.165) is 17.3 Å². The quantitative estimate of drug-likeness (QED) is 0.266. The lowest BCUT2D eigenvalue weighted by atomic mass is 10.2. The summed E-state index contributed by atoms with van der Waals surface area (Å²) >= 11 is 13.0. The highest BCUT2D eigenvalue weighted by molar-refractivity contribution is 6.76. The van der Waals surface area contributed by atoms with Gasteiger partial charge < -0.3 is 15.2 Å². The van der Waals surface area contributed by atoms with E-state index in [0.29, 0.717) is 46.0 Å². The Morgan fingerprint density at radius 3 is 2.61 bits per heavy atom. The van der Waals surface area contributed by atoms with Gasteiger partial charge in [0.05, 0.1) is 10.4 Å². The van der Waals surface area contributed by atoms with Crippen molar-refractivity contribution < 1.29 is 9.47 Å². The highest BCUT2D eigenvalue weighted by Crippen LogP contribution is 2.40. The molecule has 0 spiro atoms. The molecule has 0 aliphatic heterocycles. The number of hydrogen-bond acceptors (Lipinski definition) is 4. The summed E-state index contributed by atoms with van der Waals surface area (Å²) < 4.78 is 13.7. The Balaban J connectivity index is 1.88. The Hall–Kier alpha value is -1.73. The average molecular weight is 438 g/mol. The molecular weight excluding hydrogens is 413 g/mol. The van der Waals surface area contributed by atoms with E-state index in [1.165, 1.54) is 0 Å². The maximum absolute atomic E-state index is 6.52. The molecule has 2 heterocycles. The van der Waals surface area contributed by atoms with E-state index >= 15 is 0 Å². The summed E-state index contributed by atoms with van der Waals surface area (Å²) in [6, 6.07) is 8.37. The van der Waals surface area contributed by atoms with Gasteiger partial charge in [-0.3, -0.25) is 4.57 Å². The second kappa shape index (κ2) is 8.33. The smallest absolute Gasteiger partial charge is 0.148 e. The number of halogens is 2. The third-order valence-electron chi connectivity index (χ3n) is 4.47. The molecule has 5 nitrogen and oxygen atoms in total. The van der Waals surface area contributed by atoms with Gasteiger partial charge in [0.15, 0.2) is 0 Å². The first kappa shape index (κ1) is 21.0. The predicted molar refractivity (Wildman–Crippen MR) is 120 cm³/mol. The molecule has 3 rings (SSSR count). The molecular formula is C20H25Cl2N3O2Si. The summed E-state index contributed by atoms with van der Waals surface area (Å²) in [5.74, 6) is 1.26. The van der Waals surface area contributed by atoms with Crippen molar-refractivity contribution in [2.75, 3.05) is 12.3 Å². The Labute approximate surface area is 176 Å². The molecule has 2 aromatic heterocycles. The fourth-order valence-corrected chi connectivity index (χ4v) is 3.99. The summed E-state index contributed by atoms with van der Waals surface area (Å²) in [5, 5.41) is 1.46. The number of nitrogen functional groups attached to an aromatic ring is 1. The minimum Gasteiger partial charge on any atom is -0.456 e. The van der Waals surface area contributed by atoms with Crippen LogP contribution in [0, 0.1) is 6.92 Å². The number of nitrogens with two attached hydrogens (primary N) is 1. The maximum atomic E-state index is 6.52. The molecule has 8 heteroatoms. The topological polar surface area (TPSA) is 62.3 Å². The molecule has 0 radical (unpaired) electrons. The van der Waals surface area contributed by atoms with Crippen molar-refractivity contribution in [1.82, 2.24) is 9.55 Å². The van der Waals surface area contributed by atoms with Gasteiger partial charge in [0.2, 0.25) is 0 Å². The van der Waals surface area contributed by atoms with E-state index < -0.39 is 8.07 Å². The van der Waals surface area contributed by atoms with Gasteiger partial charge in [0.25, 0.3) is 0 Å². The molecule has 0 aliphatic carbocycles. The van der Waals surface area contributed by atoms with Gasteiger partial charge in [-0.05, 0) is 42.8 Å². The number of aryl methyl sites for hydroxylation is 1. The summed E-state index contributed by atoms with van der Waals surface area (Å²) in [4.78, 5) is 4.45. The van der Waals surface area contributed by atoms with Gasteiger partial charge in [-0.1, -0.05) is 42.8 Å². The van der Waals surface area contributed by atoms with E-state index in [1.54, 1.807) is 16.8 Å². The summed E-state index contributed by atoms with van der Waals surface area (Å²) in [5.41, 5.74) is 8.18. The van der Waals surface area contributed by atoms with E-state index in [4.69, 9.17) is 38.4 Å². The molecule has 0 atom stereocenters. The van der Waals surface area contributed by atoms with Crippen LogP contribution in [0.4, 0.5) is 5.69 Å². The van der Waals surface area contributed by atoms with Crippen LogP contribution in [0.1, 0.15) is 5.56 Å². The van der Waals surface area contributed by atoms with Crippen LogP contribution in [0.25, 0.3) is 11.0 Å². The van der Waals surface area contributed by atoms with Gasteiger partial charge in [-0.2, -0.15) is 0 Å². The van der Waals surface area contributed by atoms with Crippen molar-refractivity contribution in [2.45, 2.75) is 39.3 Å². The lowest BCUT2D eigenvalue weighted by molar-refractivity contribution is 0.0901. The van der Waals surface area contributed by atoms with Crippen molar-refractivity contribution >= 4 is 48.0 Å². The van der Waals surface area contributed by atoms with Gasteiger partial charge in [0, 0.05) is 26.6 Å².